The molecule has 0 aromatic rings. The Bertz CT molecular complexity index is 541. The number of rotatable bonds is 1. The molecule has 0 spiro atoms. The van der Waals surface area contributed by atoms with Crippen LogP contribution in [0.25, 0.3) is 0 Å². The number of fused-ring (bicyclic) bond motifs is 3. The molecular formula is C16H22O7. The predicted molar refractivity (Wildman–Crippen MR) is 76.2 cm³/mol. The van der Waals surface area contributed by atoms with Crippen LogP contribution in [0.15, 0.2) is 12.2 Å². The summed E-state index contributed by atoms with van der Waals surface area (Å²) in [6.07, 6.45) is 1.24. The maximum absolute atomic E-state index is 11.6. The van der Waals surface area contributed by atoms with Gasteiger partial charge in [-0.15, -0.1) is 0 Å². The fourth-order valence-electron chi connectivity index (χ4n) is 3.68. The summed E-state index contributed by atoms with van der Waals surface area (Å²) >= 11 is 0. The van der Waals surface area contributed by atoms with E-state index in [0.29, 0.717) is 6.42 Å². The van der Waals surface area contributed by atoms with E-state index < -0.39 is 30.1 Å². The number of ether oxygens (including phenoxy) is 6. The number of cyclic esters (lactones) is 1. The molecule has 23 heavy (non-hydrogen) atoms. The van der Waals surface area contributed by atoms with Crippen molar-refractivity contribution in [1.29, 1.82) is 0 Å². The molecule has 6 atom stereocenters. The Balaban J connectivity index is 1.63. The van der Waals surface area contributed by atoms with Crippen LogP contribution in [0.2, 0.25) is 0 Å². The normalized spacial score (nSPS) is 47.0. The molecule has 0 unspecified atom stereocenters. The molecule has 0 aliphatic carbocycles. The van der Waals surface area contributed by atoms with Gasteiger partial charge in [-0.25, -0.2) is 4.79 Å². The molecule has 4 aliphatic rings. The minimum Gasteiger partial charge on any atom is -0.456 e. The number of hydrogen-bond acceptors (Lipinski definition) is 7. The SMILES string of the molecule is CC1(C)O[C@@H]2[C@H](O1)[C@H]1OC(C)(C)O[C@H]1O[C@@H]2[C@H]1CC=CC(=O)O1. The van der Waals surface area contributed by atoms with Gasteiger partial charge in [0.05, 0.1) is 0 Å². The number of carbonyl (C=O) groups excluding carboxylic acids is 1. The Morgan fingerprint density at radius 1 is 0.913 bits per heavy atom. The minimum absolute atomic E-state index is 0.333. The highest BCUT2D eigenvalue weighted by Gasteiger charge is 2.62. The zero-order chi connectivity index (χ0) is 16.4. The number of carbonyl (C=O) groups is 1. The molecule has 4 aliphatic heterocycles. The fraction of sp³-hybridized carbons (Fsp3) is 0.812. The van der Waals surface area contributed by atoms with Crippen molar-refractivity contribution in [2.75, 3.05) is 0 Å². The summed E-state index contributed by atoms with van der Waals surface area (Å²) in [5.41, 5.74) is 0. The van der Waals surface area contributed by atoms with Crippen LogP contribution in [-0.4, -0.2) is 54.4 Å². The Morgan fingerprint density at radius 2 is 1.52 bits per heavy atom. The van der Waals surface area contributed by atoms with Crippen LogP contribution in [0.1, 0.15) is 34.1 Å². The molecule has 0 bridgehead atoms. The van der Waals surface area contributed by atoms with Crippen LogP contribution >= 0.6 is 0 Å². The molecule has 3 saturated heterocycles. The average molecular weight is 326 g/mol. The first-order valence-electron chi connectivity index (χ1n) is 7.98. The second-order valence-corrected chi connectivity index (χ2v) is 7.25. The zero-order valence-corrected chi connectivity index (χ0v) is 13.7. The maximum Gasteiger partial charge on any atom is 0.330 e. The predicted octanol–water partition coefficient (Wildman–Crippen LogP) is 1.25. The lowest BCUT2D eigenvalue weighted by Crippen LogP contribution is -2.59. The van der Waals surface area contributed by atoms with Crippen molar-refractivity contribution >= 4 is 5.97 Å². The topological polar surface area (TPSA) is 72.5 Å². The summed E-state index contributed by atoms with van der Waals surface area (Å²) < 4.78 is 35.4. The average Bonchev–Trinajstić information content (AvgIpc) is 2.92. The van der Waals surface area contributed by atoms with E-state index in [1.165, 1.54) is 6.08 Å². The van der Waals surface area contributed by atoms with Crippen molar-refractivity contribution < 1.29 is 33.2 Å². The Kier molecular flexibility index (Phi) is 3.38. The molecule has 0 saturated carbocycles. The number of esters is 1. The molecule has 0 aromatic heterocycles. The Labute approximate surface area is 134 Å². The number of hydrogen-bond donors (Lipinski definition) is 0. The van der Waals surface area contributed by atoms with Gasteiger partial charge in [-0.2, -0.15) is 0 Å². The van der Waals surface area contributed by atoms with Crippen molar-refractivity contribution in [3.63, 3.8) is 0 Å². The lowest BCUT2D eigenvalue weighted by atomic mass is 9.93. The van der Waals surface area contributed by atoms with E-state index in [2.05, 4.69) is 0 Å². The third kappa shape index (κ3) is 2.70. The first kappa shape index (κ1) is 15.5. The van der Waals surface area contributed by atoms with Gasteiger partial charge in [0.25, 0.3) is 0 Å². The highest BCUT2D eigenvalue weighted by atomic mass is 16.9. The zero-order valence-electron chi connectivity index (χ0n) is 13.7. The van der Waals surface area contributed by atoms with Crippen molar-refractivity contribution in [2.45, 2.75) is 82.5 Å². The van der Waals surface area contributed by atoms with E-state index in [1.54, 1.807) is 6.08 Å². The van der Waals surface area contributed by atoms with E-state index in [-0.39, 0.29) is 24.3 Å². The molecule has 7 nitrogen and oxygen atoms in total. The second kappa shape index (κ2) is 5.00. The quantitative estimate of drug-likeness (QED) is 0.672. The van der Waals surface area contributed by atoms with Crippen LogP contribution in [0.4, 0.5) is 0 Å². The third-order valence-electron chi connectivity index (χ3n) is 4.45. The summed E-state index contributed by atoms with van der Waals surface area (Å²) in [6, 6.07) is 0. The second-order valence-electron chi connectivity index (χ2n) is 7.25. The van der Waals surface area contributed by atoms with Gasteiger partial charge < -0.3 is 28.4 Å². The van der Waals surface area contributed by atoms with Gasteiger partial charge in [0.1, 0.15) is 30.5 Å². The van der Waals surface area contributed by atoms with Gasteiger partial charge in [0.15, 0.2) is 17.9 Å². The van der Waals surface area contributed by atoms with E-state index in [9.17, 15) is 4.79 Å². The van der Waals surface area contributed by atoms with Gasteiger partial charge in [-0.3, -0.25) is 0 Å². The molecule has 0 aromatic carbocycles. The summed E-state index contributed by atoms with van der Waals surface area (Å²) in [6.45, 7) is 7.38. The molecule has 3 fully saturated rings. The molecule has 4 heterocycles. The van der Waals surface area contributed by atoms with Gasteiger partial charge in [-0.1, -0.05) is 6.08 Å². The highest BCUT2D eigenvalue weighted by Crippen LogP contribution is 2.45. The lowest BCUT2D eigenvalue weighted by molar-refractivity contribution is -0.255. The van der Waals surface area contributed by atoms with Gasteiger partial charge in [-0.05, 0) is 27.7 Å². The molecule has 0 radical (unpaired) electrons. The van der Waals surface area contributed by atoms with E-state index in [0.717, 1.165) is 0 Å². The van der Waals surface area contributed by atoms with Crippen LogP contribution in [0, 0.1) is 0 Å². The molecule has 128 valence electrons. The molecule has 0 amide bonds. The third-order valence-corrected chi connectivity index (χ3v) is 4.45. The van der Waals surface area contributed by atoms with Crippen LogP contribution < -0.4 is 0 Å². The summed E-state index contributed by atoms with van der Waals surface area (Å²) in [5, 5.41) is 0. The maximum atomic E-state index is 11.6. The molecule has 7 heteroatoms. The summed E-state index contributed by atoms with van der Waals surface area (Å²) in [4.78, 5) is 11.6. The Morgan fingerprint density at radius 3 is 2.22 bits per heavy atom. The van der Waals surface area contributed by atoms with Crippen LogP contribution in [-0.2, 0) is 33.2 Å². The van der Waals surface area contributed by atoms with Crippen molar-refractivity contribution in [1.82, 2.24) is 0 Å². The van der Waals surface area contributed by atoms with Crippen LogP contribution in [0.5, 0.6) is 0 Å². The highest BCUT2D eigenvalue weighted by molar-refractivity contribution is 5.82. The van der Waals surface area contributed by atoms with E-state index in [4.69, 9.17) is 28.4 Å². The van der Waals surface area contributed by atoms with Gasteiger partial charge in [0, 0.05) is 12.5 Å². The van der Waals surface area contributed by atoms with E-state index in [1.807, 2.05) is 27.7 Å². The van der Waals surface area contributed by atoms with E-state index >= 15 is 0 Å². The molecular weight excluding hydrogens is 304 g/mol. The van der Waals surface area contributed by atoms with Crippen molar-refractivity contribution in [2.24, 2.45) is 0 Å². The standard InChI is InChI=1S/C16H22O7/c1-15(2)20-11-10(8-6-5-7-9(17)18-8)19-14-13(12(11)21-15)22-16(3,4)23-14/h5,7-8,10-14H,6H2,1-4H3/t8-,10-,11+,12+,13-,14-/m1/s1. The molecule has 0 N–H and O–H groups in total. The van der Waals surface area contributed by atoms with Crippen molar-refractivity contribution in [3.05, 3.63) is 12.2 Å². The lowest BCUT2D eigenvalue weighted by Gasteiger charge is -2.40. The van der Waals surface area contributed by atoms with Gasteiger partial charge >= 0.3 is 5.97 Å². The monoisotopic (exact) mass is 326 g/mol. The first-order chi connectivity index (χ1) is 10.7. The summed E-state index contributed by atoms with van der Waals surface area (Å²) in [7, 11) is 0. The smallest absolute Gasteiger partial charge is 0.330 e. The van der Waals surface area contributed by atoms with Crippen molar-refractivity contribution in [3.8, 4) is 0 Å². The molecule has 4 rings (SSSR count). The largest absolute Gasteiger partial charge is 0.456 e. The first-order valence-corrected chi connectivity index (χ1v) is 7.98. The Hall–Kier alpha value is -0.990. The van der Waals surface area contributed by atoms with Crippen LogP contribution in [0.3, 0.4) is 0 Å². The summed E-state index contributed by atoms with van der Waals surface area (Å²) in [5.74, 6) is -1.88. The fourth-order valence-corrected chi connectivity index (χ4v) is 3.68. The minimum atomic E-state index is -0.756. The van der Waals surface area contributed by atoms with Gasteiger partial charge in [0.2, 0.25) is 0 Å².